The lowest BCUT2D eigenvalue weighted by Crippen LogP contribution is -2.50. The Hall–Kier alpha value is -1.84. The predicted octanol–water partition coefficient (Wildman–Crippen LogP) is 3.07. The highest BCUT2D eigenvalue weighted by atomic mass is 16.4. The number of carboxylic acids is 1. The van der Waals surface area contributed by atoms with Crippen LogP contribution in [-0.2, 0) is 15.0 Å². The Morgan fingerprint density at radius 3 is 2.50 bits per heavy atom. The zero-order valence-electron chi connectivity index (χ0n) is 13.6. The van der Waals surface area contributed by atoms with E-state index in [-0.39, 0.29) is 11.3 Å². The first-order valence-corrected chi connectivity index (χ1v) is 7.89. The van der Waals surface area contributed by atoms with E-state index in [1.165, 1.54) is 0 Å². The van der Waals surface area contributed by atoms with Crippen molar-refractivity contribution in [3.63, 3.8) is 0 Å². The monoisotopic (exact) mass is 303 g/mol. The second kappa shape index (κ2) is 6.51. The van der Waals surface area contributed by atoms with E-state index < -0.39 is 12.0 Å². The zero-order chi connectivity index (χ0) is 16.3. The molecular weight excluding hydrogens is 278 g/mol. The van der Waals surface area contributed by atoms with Crippen LogP contribution in [0.15, 0.2) is 30.3 Å². The number of carboxylic acid groups (broad SMARTS) is 1. The lowest BCUT2D eigenvalue weighted by atomic mass is 9.80. The first kappa shape index (κ1) is 16.5. The van der Waals surface area contributed by atoms with Crippen molar-refractivity contribution in [2.24, 2.45) is 5.92 Å². The van der Waals surface area contributed by atoms with Gasteiger partial charge in [-0.15, -0.1) is 0 Å². The third kappa shape index (κ3) is 3.67. The quantitative estimate of drug-likeness (QED) is 0.930. The van der Waals surface area contributed by atoms with Crippen molar-refractivity contribution in [2.75, 3.05) is 6.54 Å². The average Bonchev–Trinajstić information content (AvgIpc) is 2.47. The molecule has 1 aliphatic heterocycles. The van der Waals surface area contributed by atoms with Crippen LogP contribution >= 0.6 is 0 Å². The molecule has 1 heterocycles. The minimum atomic E-state index is -0.891. The molecule has 0 aliphatic carbocycles. The van der Waals surface area contributed by atoms with Crippen molar-refractivity contribution in [3.8, 4) is 0 Å². The molecule has 2 unspecified atom stereocenters. The fourth-order valence-electron chi connectivity index (χ4n) is 3.15. The summed E-state index contributed by atoms with van der Waals surface area (Å²) in [6.07, 6.45) is 1.75. The molecule has 1 aromatic rings. The van der Waals surface area contributed by atoms with Gasteiger partial charge in [0.25, 0.3) is 0 Å². The molecule has 1 aliphatic rings. The average molecular weight is 303 g/mol. The summed E-state index contributed by atoms with van der Waals surface area (Å²) in [5.41, 5.74) is 0.797. The molecule has 1 amide bonds. The van der Waals surface area contributed by atoms with E-state index >= 15 is 0 Å². The standard InChI is InChI=1S/C18H25NO3/c1-13-9-10-19(15(11-13)17(21)22)16(20)12-18(2,3)14-7-5-4-6-8-14/h4-8,13,15H,9-12H2,1-3H3,(H,21,22). The Balaban J connectivity index is 2.12. The number of likely N-dealkylation sites (tertiary alicyclic amines) is 1. The molecule has 0 aromatic heterocycles. The number of piperidine rings is 1. The van der Waals surface area contributed by atoms with E-state index in [9.17, 15) is 14.7 Å². The van der Waals surface area contributed by atoms with Crippen molar-refractivity contribution in [1.82, 2.24) is 4.90 Å². The molecule has 1 N–H and O–H groups in total. The van der Waals surface area contributed by atoms with E-state index in [4.69, 9.17) is 0 Å². The maximum Gasteiger partial charge on any atom is 0.326 e. The minimum Gasteiger partial charge on any atom is -0.480 e. The maximum absolute atomic E-state index is 12.7. The van der Waals surface area contributed by atoms with Gasteiger partial charge in [-0.05, 0) is 29.7 Å². The number of aliphatic carboxylic acids is 1. The Bertz CT molecular complexity index is 539. The molecule has 1 fully saturated rings. The normalized spacial score (nSPS) is 22.4. The Kier molecular flexibility index (Phi) is 4.89. The molecule has 1 saturated heterocycles. The van der Waals surface area contributed by atoms with Crippen molar-refractivity contribution < 1.29 is 14.7 Å². The Labute approximate surface area is 132 Å². The van der Waals surface area contributed by atoms with Gasteiger partial charge in [-0.1, -0.05) is 51.1 Å². The fraction of sp³-hybridized carbons (Fsp3) is 0.556. The number of benzene rings is 1. The van der Waals surface area contributed by atoms with Gasteiger partial charge in [-0.25, -0.2) is 4.79 Å². The number of carbonyl (C=O) groups excluding carboxylic acids is 1. The second-order valence-electron chi connectivity index (χ2n) is 7.00. The summed E-state index contributed by atoms with van der Waals surface area (Å²) in [5.74, 6) is -0.599. The molecule has 2 atom stereocenters. The highest BCUT2D eigenvalue weighted by Crippen LogP contribution is 2.30. The molecule has 0 saturated carbocycles. The van der Waals surface area contributed by atoms with Gasteiger partial charge in [0.2, 0.25) is 5.91 Å². The van der Waals surface area contributed by atoms with Crippen LogP contribution in [-0.4, -0.2) is 34.5 Å². The molecule has 1 aromatic carbocycles. The molecule has 22 heavy (non-hydrogen) atoms. The zero-order valence-corrected chi connectivity index (χ0v) is 13.6. The largest absolute Gasteiger partial charge is 0.480 e. The third-order valence-corrected chi connectivity index (χ3v) is 4.62. The van der Waals surface area contributed by atoms with Crippen LogP contribution in [0.25, 0.3) is 0 Å². The van der Waals surface area contributed by atoms with Gasteiger partial charge >= 0.3 is 5.97 Å². The van der Waals surface area contributed by atoms with E-state index in [1.807, 2.05) is 51.1 Å². The molecule has 4 nitrogen and oxygen atoms in total. The molecule has 0 spiro atoms. The van der Waals surface area contributed by atoms with Crippen LogP contribution in [0.4, 0.5) is 0 Å². The van der Waals surface area contributed by atoms with Crippen LogP contribution in [0.2, 0.25) is 0 Å². The van der Waals surface area contributed by atoms with Crippen LogP contribution in [0.5, 0.6) is 0 Å². The summed E-state index contributed by atoms with van der Waals surface area (Å²) in [4.78, 5) is 25.7. The number of hydrogen-bond donors (Lipinski definition) is 1. The number of rotatable bonds is 4. The van der Waals surface area contributed by atoms with E-state index in [1.54, 1.807) is 4.90 Å². The lowest BCUT2D eigenvalue weighted by molar-refractivity contribution is -0.153. The Morgan fingerprint density at radius 1 is 1.27 bits per heavy atom. The van der Waals surface area contributed by atoms with E-state index in [0.717, 1.165) is 12.0 Å². The van der Waals surface area contributed by atoms with E-state index in [2.05, 4.69) is 0 Å². The van der Waals surface area contributed by atoms with Crippen LogP contribution in [0.1, 0.15) is 45.6 Å². The second-order valence-corrected chi connectivity index (χ2v) is 7.00. The molecule has 2 rings (SSSR count). The molecular formula is C18H25NO3. The molecule has 0 bridgehead atoms. The number of amides is 1. The first-order valence-electron chi connectivity index (χ1n) is 7.89. The van der Waals surface area contributed by atoms with Crippen LogP contribution in [0.3, 0.4) is 0 Å². The summed E-state index contributed by atoms with van der Waals surface area (Å²) in [6, 6.07) is 9.23. The Morgan fingerprint density at radius 2 is 1.91 bits per heavy atom. The van der Waals surface area contributed by atoms with Crippen molar-refractivity contribution in [2.45, 2.75) is 51.5 Å². The lowest BCUT2D eigenvalue weighted by Gasteiger charge is -2.38. The number of nitrogens with zero attached hydrogens (tertiary/aromatic N) is 1. The van der Waals surface area contributed by atoms with E-state index in [0.29, 0.717) is 25.3 Å². The van der Waals surface area contributed by atoms with Crippen molar-refractivity contribution >= 4 is 11.9 Å². The summed E-state index contributed by atoms with van der Waals surface area (Å²) < 4.78 is 0. The molecule has 120 valence electrons. The highest BCUT2D eigenvalue weighted by molar-refractivity contribution is 5.84. The first-order chi connectivity index (χ1) is 10.3. The topological polar surface area (TPSA) is 57.6 Å². The molecule has 4 heteroatoms. The SMILES string of the molecule is CC1CCN(C(=O)CC(C)(C)c2ccccc2)C(C(=O)O)C1. The predicted molar refractivity (Wildman–Crippen MR) is 85.6 cm³/mol. The third-order valence-electron chi connectivity index (χ3n) is 4.62. The number of carbonyl (C=O) groups is 2. The molecule has 0 radical (unpaired) electrons. The highest BCUT2D eigenvalue weighted by Gasteiger charge is 2.36. The van der Waals surface area contributed by atoms with Gasteiger partial charge < -0.3 is 10.0 Å². The number of hydrogen-bond acceptors (Lipinski definition) is 2. The fourth-order valence-corrected chi connectivity index (χ4v) is 3.15. The van der Waals surface area contributed by atoms with Crippen LogP contribution < -0.4 is 0 Å². The van der Waals surface area contributed by atoms with Crippen LogP contribution in [0, 0.1) is 5.92 Å². The van der Waals surface area contributed by atoms with Gasteiger partial charge in [-0.3, -0.25) is 4.79 Å². The minimum absolute atomic E-state index is 0.0619. The van der Waals surface area contributed by atoms with Crippen molar-refractivity contribution in [3.05, 3.63) is 35.9 Å². The van der Waals surface area contributed by atoms with Gasteiger partial charge in [0.05, 0.1) is 0 Å². The van der Waals surface area contributed by atoms with Gasteiger partial charge in [0.1, 0.15) is 6.04 Å². The van der Waals surface area contributed by atoms with Gasteiger partial charge in [0.15, 0.2) is 0 Å². The summed E-state index contributed by atoms with van der Waals surface area (Å²) in [5, 5.41) is 9.40. The van der Waals surface area contributed by atoms with Gasteiger partial charge in [-0.2, -0.15) is 0 Å². The summed E-state index contributed by atoms with van der Waals surface area (Å²) in [7, 11) is 0. The van der Waals surface area contributed by atoms with Crippen molar-refractivity contribution in [1.29, 1.82) is 0 Å². The summed E-state index contributed by atoms with van der Waals surface area (Å²) in [6.45, 7) is 6.65. The van der Waals surface area contributed by atoms with Gasteiger partial charge in [0, 0.05) is 13.0 Å². The maximum atomic E-state index is 12.7. The summed E-state index contributed by atoms with van der Waals surface area (Å²) >= 11 is 0. The smallest absolute Gasteiger partial charge is 0.326 e.